The van der Waals surface area contributed by atoms with Crippen LogP contribution in [0.15, 0.2) is 12.1 Å². The summed E-state index contributed by atoms with van der Waals surface area (Å²) in [6.45, 7) is 1.68. The highest BCUT2D eigenvalue weighted by Gasteiger charge is 2.11. The molecular weight excluding hydrogens is 170 g/mol. The van der Waals surface area contributed by atoms with Gasteiger partial charge in [-0.15, -0.1) is 0 Å². The van der Waals surface area contributed by atoms with Crippen LogP contribution in [0.25, 0.3) is 0 Å². The smallest absolute Gasteiger partial charge is 0.336 e. The zero-order valence-corrected chi connectivity index (χ0v) is 7.50. The molecule has 0 bridgehead atoms. The first-order valence-electron chi connectivity index (χ1n) is 3.73. The fourth-order valence-electron chi connectivity index (χ4n) is 1.14. The number of carboxylic acid groups (broad SMARTS) is 1. The van der Waals surface area contributed by atoms with Crippen molar-refractivity contribution in [2.45, 2.75) is 6.92 Å². The molecule has 4 heteroatoms. The Morgan fingerprint density at radius 3 is 2.62 bits per heavy atom. The highest BCUT2D eigenvalue weighted by atomic mass is 16.5. The Morgan fingerprint density at radius 2 is 2.15 bits per heavy atom. The number of carboxylic acids is 1. The van der Waals surface area contributed by atoms with Crippen LogP contribution < -0.4 is 10.5 Å². The van der Waals surface area contributed by atoms with Crippen molar-refractivity contribution < 1.29 is 14.6 Å². The molecule has 3 N–H and O–H groups in total. The van der Waals surface area contributed by atoms with E-state index in [1.165, 1.54) is 13.2 Å². The van der Waals surface area contributed by atoms with E-state index >= 15 is 0 Å². The van der Waals surface area contributed by atoms with Gasteiger partial charge in [-0.05, 0) is 13.0 Å². The summed E-state index contributed by atoms with van der Waals surface area (Å²) >= 11 is 0. The van der Waals surface area contributed by atoms with Crippen LogP contribution in [-0.2, 0) is 0 Å². The first kappa shape index (κ1) is 9.38. The van der Waals surface area contributed by atoms with Crippen molar-refractivity contribution in [3.05, 3.63) is 23.3 Å². The van der Waals surface area contributed by atoms with Crippen LogP contribution in [0, 0.1) is 6.92 Å². The SMILES string of the molecule is COc1cc(N)cc(C(=O)O)c1C. The van der Waals surface area contributed by atoms with E-state index in [0.717, 1.165) is 0 Å². The van der Waals surface area contributed by atoms with Crippen LogP contribution in [0.1, 0.15) is 15.9 Å². The van der Waals surface area contributed by atoms with Gasteiger partial charge in [-0.2, -0.15) is 0 Å². The molecule has 0 heterocycles. The molecule has 0 saturated heterocycles. The Balaban J connectivity index is 3.35. The van der Waals surface area contributed by atoms with E-state index in [-0.39, 0.29) is 5.56 Å². The highest BCUT2D eigenvalue weighted by molar-refractivity contribution is 5.91. The molecule has 0 amide bonds. The van der Waals surface area contributed by atoms with Crippen LogP contribution in [0.2, 0.25) is 0 Å². The Bertz CT molecular complexity index is 347. The number of anilines is 1. The van der Waals surface area contributed by atoms with Gasteiger partial charge in [0, 0.05) is 17.3 Å². The number of rotatable bonds is 2. The lowest BCUT2D eigenvalue weighted by molar-refractivity contribution is 0.0695. The maximum Gasteiger partial charge on any atom is 0.336 e. The summed E-state index contributed by atoms with van der Waals surface area (Å²) in [5.74, 6) is -0.500. The number of nitrogen functional groups attached to an aromatic ring is 1. The number of nitrogens with two attached hydrogens (primary N) is 1. The molecule has 0 aliphatic rings. The molecule has 1 rings (SSSR count). The fourth-order valence-corrected chi connectivity index (χ4v) is 1.14. The minimum atomic E-state index is -0.997. The average molecular weight is 181 g/mol. The topological polar surface area (TPSA) is 72.5 Å². The monoisotopic (exact) mass is 181 g/mol. The van der Waals surface area contributed by atoms with Gasteiger partial charge >= 0.3 is 5.97 Å². The van der Waals surface area contributed by atoms with Gasteiger partial charge in [-0.3, -0.25) is 0 Å². The molecule has 4 nitrogen and oxygen atoms in total. The normalized spacial score (nSPS) is 9.69. The van der Waals surface area contributed by atoms with Gasteiger partial charge in [0.2, 0.25) is 0 Å². The molecule has 0 atom stereocenters. The fraction of sp³-hybridized carbons (Fsp3) is 0.222. The average Bonchev–Trinajstić information content (AvgIpc) is 2.08. The largest absolute Gasteiger partial charge is 0.496 e. The third kappa shape index (κ3) is 1.72. The molecule has 0 spiro atoms. The van der Waals surface area contributed by atoms with Gasteiger partial charge in [0.15, 0.2) is 0 Å². The third-order valence-electron chi connectivity index (χ3n) is 1.83. The summed E-state index contributed by atoms with van der Waals surface area (Å²) < 4.78 is 4.97. The van der Waals surface area contributed by atoms with Crippen LogP contribution in [0.3, 0.4) is 0 Å². The second-order valence-corrected chi connectivity index (χ2v) is 2.70. The molecule has 0 aromatic heterocycles. The van der Waals surface area contributed by atoms with E-state index < -0.39 is 5.97 Å². The molecule has 0 fully saturated rings. The first-order valence-corrected chi connectivity index (χ1v) is 3.73. The molecule has 13 heavy (non-hydrogen) atoms. The number of benzene rings is 1. The van der Waals surface area contributed by atoms with Crippen molar-refractivity contribution in [2.24, 2.45) is 0 Å². The number of hydrogen-bond donors (Lipinski definition) is 2. The molecular formula is C9H11NO3. The number of carbonyl (C=O) groups is 1. The standard InChI is InChI=1S/C9H11NO3/c1-5-7(9(11)12)3-6(10)4-8(5)13-2/h3-4H,10H2,1-2H3,(H,11,12). The second kappa shape index (κ2) is 3.35. The maximum atomic E-state index is 10.7. The van der Waals surface area contributed by atoms with Crippen molar-refractivity contribution in [1.29, 1.82) is 0 Å². The van der Waals surface area contributed by atoms with Crippen molar-refractivity contribution in [1.82, 2.24) is 0 Å². The van der Waals surface area contributed by atoms with Crippen LogP contribution >= 0.6 is 0 Å². The Kier molecular flexibility index (Phi) is 2.41. The van der Waals surface area contributed by atoms with Crippen molar-refractivity contribution >= 4 is 11.7 Å². The quantitative estimate of drug-likeness (QED) is 0.674. The van der Waals surface area contributed by atoms with E-state index in [1.54, 1.807) is 13.0 Å². The summed E-state index contributed by atoms with van der Waals surface area (Å²) in [5.41, 5.74) is 6.65. The lowest BCUT2D eigenvalue weighted by Crippen LogP contribution is -2.03. The van der Waals surface area contributed by atoms with Crippen LogP contribution in [-0.4, -0.2) is 18.2 Å². The van der Waals surface area contributed by atoms with Gasteiger partial charge in [0.25, 0.3) is 0 Å². The summed E-state index contributed by atoms with van der Waals surface area (Å²) in [5, 5.41) is 8.80. The second-order valence-electron chi connectivity index (χ2n) is 2.70. The van der Waals surface area contributed by atoms with E-state index in [2.05, 4.69) is 0 Å². The number of aromatic carboxylic acids is 1. The van der Waals surface area contributed by atoms with Crippen molar-refractivity contribution in [3.63, 3.8) is 0 Å². The lowest BCUT2D eigenvalue weighted by Gasteiger charge is -2.08. The van der Waals surface area contributed by atoms with Crippen LogP contribution in [0.4, 0.5) is 5.69 Å². The minimum absolute atomic E-state index is 0.178. The summed E-state index contributed by atoms with van der Waals surface area (Å²) in [7, 11) is 1.48. The van der Waals surface area contributed by atoms with Gasteiger partial charge in [0.1, 0.15) is 5.75 Å². The lowest BCUT2D eigenvalue weighted by atomic mass is 10.1. The van der Waals surface area contributed by atoms with Gasteiger partial charge < -0.3 is 15.6 Å². The van der Waals surface area contributed by atoms with E-state index in [1.807, 2.05) is 0 Å². The molecule has 0 radical (unpaired) electrons. The number of methoxy groups -OCH3 is 1. The zero-order valence-electron chi connectivity index (χ0n) is 7.50. The van der Waals surface area contributed by atoms with E-state index in [9.17, 15) is 4.79 Å². The predicted molar refractivity (Wildman–Crippen MR) is 49.1 cm³/mol. The third-order valence-corrected chi connectivity index (χ3v) is 1.83. The van der Waals surface area contributed by atoms with Crippen molar-refractivity contribution in [3.8, 4) is 5.75 Å². The molecule has 0 aliphatic heterocycles. The van der Waals surface area contributed by atoms with Crippen LogP contribution in [0.5, 0.6) is 5.75 Å². The molecule has 0 saturated carbocycles. The number of hydrogen-bond acceptors (Lipinski definition) is 3. The maximum absolute atomic E-state index is 10.7. The van der Waals surface area contributed by atoms with Gasteiger partial charge in [-0.25, -0.2) is 4.79 Å². The predicted octanol–water partition coefficient (Wildman–Crippen LogP) is 1.28. The molecule has 70 valence electrons. The molecule has 1 aromatic rings. The molecule has 0 aliphatic carbocycles. The summed E-state index contributed by atoms with van der Waals surface area (Å²) in [6.07, 6.45) is 0. The summed E-state index contributed by atoms with van der Waals surface area (Å²) in [6, 6.07) is 3.02. The van der Waals surface area contributed by atoms with E-state index in [4.69, 9.17) is 15.6 Å². The first-order chi connectivity index (χ1) is 6.06. The number of ether oxygens (including phenoxy) is 1. The van der Waals surface area contributed by atoms with E-state index in [0.29, 0.717) is 17.0 Å². The molecule has 0 unspecified atom stereocenters. The van der Waals surface area contributed by atoms with Gasteiger partial charge in [-0.1, -0.05) is 0 Å². The Labute approximate surface area is 75.9 Å². The Hall–Kier alpha value is -1.71. The highest BCUT2D eigenvalue weighted by Crippen LogP contribution is 2.24. The minimum Gasteiger partial charge on any atom is -0.496 e. The zero-order chi connectivity index (χ0) is 10.0. The summed E-state index contributed by atoms with van der Waals surface area (Å²) in [4.78, 5) is 10.7. The van der Waals surface area contributed by atoms with Crippen molar-refractivity contribution in [2.75, 3.05) is 12.8 Å². The van der Waals surface area contributed by atoms with Gasteiger partial charge in [0.05, 0.1) is 12.7 Å². The Morgan fingerprint density at radius 1 is 1.54 bits per heavy atom. The molecule has 1 aromatic carbocycles.